The van der Waals surface area contributed by atoms with Crippen LogP contribution in [0.1, 0.15) is 12.8 Å². The Morgan fingerprint density at radius 2 is 1.50 bits per heavy atom. The van der Waals surface area contributed by atoms with E-state index in [0.717, 1.165) is 12.8 Å². The molecule has 0 aromatic carbocycles. The second-order valence-electron chi connectivity index (χ2n) is 3.02. The zero-order valence-electron chi connectivity index (χ0n) is 8.47. The van der Waals surface area contributed by atoms with E-state index in [4.69, 9.17) is 25.5 Å². The minimum atomic E-state index is -1.75. The second-order valence-corrected chi connectivity index (χ2v) is 3.02. The van der Waals surface area contributed by atoms with E-state index in [-0.39, 0.29) is 13.2 Å². The van der Waals surface area contributed by atoms with E-state index in [0.29, 0.717) is 6.04 Å². The quantitative estimate of drug-likeness (QED) is 0.360. The third-order valence-electron chi connectivity index (χ3n) is 1.77. The minimum absolute atomic E-state index is 0.218. The molecule has 0 aromatic heterocycles. The maximum Gasteiger partial charge on any atom is 0.0914 e. The number of nitrogens with zero attached hydrogens (tertiary/aromatic N) is 1. The molecule has 3 N–H and O–H groups in total. The molecule has 0 bridgehead atoms. The Morgan fingerprint density at radius 1 is 1.21 bits per heavy atom. The second kappa shape index (κ2) is 10.2. The van der Waals surface area contributed by atoms with Gasteiger partial charge in [-0.2, -0.15) is 0 Å². The molecule has 7 nitrogen and oxygen atoms in total. The first-order valence-corrected chi connectivity index (χ1v) is 4.29. The summed E-state index contributed by atoms with van der Waals surface area (Å²) < 4.78 is 0. The van der Waals surface area contributed by atoms with Crippen LogP contribution in [0, 0.1) is 15.3 Å². The van der Waals surface area contributed by atoms with Crippen molar-refractivity contribution in [3.8, 4) is 0 Å². The van der Waals surface area contributed by atoms with Crippen LogP contribution in [0.25, 0.3) is 0 Å². The van der Waals surface area contributed by atoms with Gasteiger partial charge in [0.1, 0.15) is 0 Å². The molecule has 0 amide bonds. The molecule has 0 aliphatic heterocycles. The van der Waals surface area contributed by atoms with Gasteiger partial charge in [0.25, 0.3) is 0 Å². The highest BCUT2D eigenvalue weighted by Crippen LogP contribution is 1.90. The van der Waals surface area contributed by atoms with Crippen molar-refractivity contribution < 1.29 is 20.2 Å². The van der Waals surface area contributed by atoms with Gasteiger partial charge in [-0.1, -0.05) is 0 Å². The van der Waals surface area contributed by atoms with Gasteiger partial charge in [-0.3, -0.25) is 0 Å². The maximum absolute atomic E-state index is 8.62. The van der Waals surface area contributed by atoms with E-state index in [1.807, 2.05) is 14.1 Å². The number of aliphatic hydroxyl groups is 2. The normalized spacial score (nSPS) is 9.86. The molecule has 0 fully saturated rings. The van der Waals surface area contributed by atoms with Crippen LogP contribution in [0.4, 0.5) is 0 Å². The zero-order valence-corrected chi connectivity index (χ0v) is 8.47. The molecule has 0 atom stereocenters. The maximum atomic E-state index is 8.62. The number of hydrogen-bond donors (Lipinski definition) is 3. The third-order valence-corrected chi connectivity index (χ3v) is 1.77. The molecular formula is C7H18N2O5. The lowest BCUT2D eigenvalue weighted by atomic mass is 10.1. The molecule has 0 unspecified atom stereocenters. The fourth-order valence-electron chi connectivity index (χ4n) is 1.03. The molecule has 0 aliphatic rings. The first-order chi connectivity index (χ1) is 6.45. The van der Waals surface area contributed by atoms with E-state index < -0.39 is 5.09 Å². The molecule has 0 spiro atoms. The fourth-order valence-corrected chi connectivity index (χ4v) is 1.03. The standard InChI is InChI=1S/C7H17NO2.NO3/c1-8(2)7(3-5-9)4-6-10;2-1(3)4/h7,9-10H,3-6H2,1-2H3;/q;-1/p+1. The van der Waals surface area contributed by atoms with Gasteiger partial charge in [-0.15, -0.1) is 0 Å². The van der Waals surface area contributed by atoms with Crippen LogP contribution in [-0.4, -0.2) is 48.7 Å². The van der Waals surface area contributed by atoms with Crippen LogP contribution in [0.15, 0.2) is 0 Å². The van der Waals surface area contributed by atoms with Crippen LogP contribution in [0.2, 0.25) is 0 Å². The molecule has 7 heteroatoms. The summed E-state index contributed by atoms with van der Waals surface area (Å²) in [6.45, 7) is 0.436. The summed E-state index contributed by atoms with van der Waals surface area (Å²) in [7, 11) is 4.08. The van der Waals surface area contributed by atoms with Crippen molar-refractivity contribution in [1.82, 2.24) is 0 Å². The Labute approximate surface area is 82.7 Å². The first kappa shape index (κ1) is 15.5. The van der Waals surface area contributed by atoms with Gasteiger partial charge in [0, 0.05) is 26.1 Å². The van der Waals surface area contributed by atoms with E-state index >= 15 is 0 Å². The number of rotatable bonds is 5. The zero-order chi connectivity index (χ0) is 11.6. The summed E-state index contributed by atoms with van der Waals surface area (Å²) in [6, 6.07) is 0.398. The van der Waals surface area contributed by atoms with Crippen molar-refractivity contribution >= 4 is 0 Å². The Morgan fingerprint density at radius 3 is 1.64 bits per heavy atom. The van der Waals surface area contributed by atoms with Crippen molar-refractivity contribution in [2.75, 3.05) is 27.3 Å². The van der Waals surface area contributed by atoms with E-state index in [9.17, 15) is 0 Å². The lowest BCUT2D eigenvalue weighted by Gasteiger charge is -2.19. The molecule has 0 aliphatic carbocycles. The van der Waals surface area contributed by atoms with Crippen LogP contribution in [0.5, 0.6) is 0 Å². The monoisotopic (exact) mass is 210 g/mol. The van der Waals surface area contributed by atoms with Gasteiger partial charge in [0.2, 0.25) is 0 Å². The molecule has 14 heavy (non-hydrogen) atoms. The molecule has 0 saturated heterocycles. The van der Waals surface area contributed by atoms with Gasteiger partial charge < -0.3 is 30.4 Å². The van der Waals surface area contributed by atoms with Crippen LogP contribution < -0.4 is 4.90 Å². The number of nitrogens with one attached hydrogen (secondary N) is 1. The van der Waals surface area contributed by atoms with Gasteiger partial charge in [0.15, 0.2) is 0 Å². The lowest BCUT2D eigenvalue weighted by molar-refractivity contribution is -0.886. The summed E-state index contributed by atoms with van der Waals surface area (Å²) in [5.74, 6) is 0. The predicted molar refractivity (Wildman–Crippen MR) is 50.4 cm³/mol. The fraction of sp³-hybridized carbons (Fsp3) is 1.00. The predicted octanol–water partition coefficient (Wildman–Crippen LogP) is -1.97. The Balaban J connectivity index is 0. The molecule has 0 radical (unpaired) electrons. The number of quaternary nitrogens is 1. The molecule has 0 heterocycles. The van der Waals surface area contributed by atoms with E-state index in [1.54, 1.807) is 0 Å². The molecule has 0 rings (SSSR count). The van der Waals surface area contributed by atoms with Crippen molar-refractivity contribution in [3.05, 3.63) is 15.3 Å². The smallest absolute Gasteiger partial charge is 0.0914 e. The largest absolute Gasteiger partial charge is 0.396 e. The first-order valence-electron chi connectivity index (χ1n) is 4.29. The highest BCUT2D eigenvalue weighted by molar-refractivity contribution is 4.52. The molecule has 0 saturated carbocycles. The summed E-state index contributed by atoms with van der Waals surface area (Å²) in [5.41, 5.74) is 0. The van der Waals surface area contributed by atoms with Crippen LogP contribution in [0.3, 0.4) is 0 Å². The number of aliphatic hydroxyl groups excluding tert-OH is 2. The highest BCUT2D eigenvalue weighted by Gasteiger charge is 2.12. The average Bonchev–Trinajstić information content (AvgIpc) is 2.02. The van der Waals surface area contributed by atoms with Gasteiger partial charge in [-0.05, 0) is 0 Å². The molecule has 86 valence electrons. The molecular weight excluding hydrogens is 192 g/mol. The average molecular weight is 210 g/mol. The summed E-state index contributed by atoms with van der Waals surface area (Å²) in [4.78, 5) is 9.54. The van der Waals surface area contributed by atoms with Crippen LogP contribution >= 0.6 is 0 Å². The van der Waals surface area contributed by atoms with Gasteiger partial charge in [0.05, 0.1) is 25.2 Å². The summed E-state index contributed by atoms with van der Waals surface area (Å²) >= 11 is 0. The topological polar surface area (TPSA) is 111 Å². The van der Waals surface area contributed by atoms with Crippen molar-refractivity contribution in [1.29, 1.82) is 0 Å². The highest BCUT2D eigenvalue weighted by atomic mass is 16.9. The van der Waals surface area contributed by atoms with E-state index in [1.165, 1.54) is 4.90 Å². The SMILES string of the molecule is C[NH+](C)C(CCO)CCO.O=[N+]([O-])[O-]. The minimum Gasteiger partial charge on any atom is -0.396 e. The van der Waals surface area contributed by atoms with E-state index in [2.05, 4.69) is 0 Å². The molecule has 0 aromatic rings. The van der Waals surface area contributed by atoms with Gasteiger partial charge in [-0.25, -0.2) is 0 Å². The van der Waals surface area contributed by atoms with Crippen molar-refractivity contribution in [3.63, 3.8) is 0 Å². The Kier molecular flexibility index (Phi) is 11.3. The Hall–Kier alpha value is -0.920. The van der Waals surface area contributed by atoms with Gasteiger partial charge >= 0.3 is 0 Å². The summed E-state index contributed by atoms with van der Waals surface area (Å²) in [6.07, 6.45) is 1.56. The third kappa shape index (κ3) is 13.7. The van der Waals surface area contributed by atoms with Crippen molar-refractivity contribution in [2.24, 2.45) is 0 Å². The lowest BCUT2D eigenvalue weighted by Crippen LogP contribution is -3.10. The Bertz CT molecular complexity index is 132. The number of hydrogen-bond acceptors (Lipinski definition) is 5. The van der Waals surface area contributed by atoms with Crippen molar-refractivity contribution in [2.45, 2.75) is 18.9 Å². The summed E-state index contributed by atoms with van der Waals surface area (Å²) in [5, 5.41) is 32.0. The van der Waals surface area contributed by atoms with Crippen LogP contribution in [-0.2, 0) is 0 Å².